The van der Waals surface area contributed by atoms with E-state index in [9.17, 15) is 9.18 Å². The minimum Gasteiger partial charge on any atom is -0.340 e. The molecule has 2 heterocycles. The maximum Gasteiger partial charge on any atom is 0.240 e. The van der Waals surface area contributed by atoms with Crippen LogP contribution in [-0.4, -0.2) is 33.7 Å². The molecule has 1 aliphatic heterocycles. The maximum absolute atomic E-state index is 13.1. The molecule has 0 saturated heterocycles. The molecule has 1 aromatic heterocycles. The number of nitrogens with zero attached hydrogens (tertiary/aromatic N) is 3. The highest BCUT2D eigenvalue weighted by Gasteiger charge is 2.26. The Hall–Kier alpha value is -2.99. The van der Waals surface area contributed by atoms with Gasteiger partial charge in [-0.1, -0.05) is 24.3 Å². The van der Waals surface area contributed by atoms with Crippen LogP contribution in [0.2, 0.25) is 0 Å². The first-order valence-electron chi connectivity index (χ1n) is 8.95. The molecule has 0 aliphatic carbocycles. The molecule has 0 spiro atoms. The van der Waals surface area contributed by atoms with Gasteiger partial charge in [-0.05, 0) is 41.8 Å². The number of benzene rings is 2. The summed E-state index contributed by atoms with van der Waals surface area (Å²) < 4.78 is 14.7. The van der Waals surface area contributed by atoms with Gasteiger partial charge >= 0.3 is 0 Å². The fraction of sp³-hybridized carbons (Fsp3) is 0.238. The van der Waals surface area contributed by atoms with Crippen molar-refractivity contribution in [2.75, 3.05) is 7.05 Å². The van der Waals surface area contributed by atoms with E-state index >= 15 is 0 Å². The van der Waals surface area contributed by atoms with Gasteiger partial charge in [-0.15, -0.1) is 0 Å². The van der Waals surface area contributed by atoms with Gasteiger partial charge in [-0.2, -0.15) is 5.10 Å². The van der Waals surface area contributed by atoms with Crippen LogP contribution in [0.1, 0.15) is 16.7 Å². The SMILES string of the molecule is CN(Cc1cnn(-c2ccc(F)cc2)c1)C(=O)[C@H]1Cc2ccccc2CN1. The van der Waals surface area contributed by atoms with Gasteiger partial charge in [0.05, 0.1) is 17.9 Å². The number of hydrogen-bond donors (Lipinski definition) is 1. The minimum absolute atomic E-state index is 0.0686. The molecule has 3 aromatic rings. The molecule has 138 valence electrons. The molecule has 0 unspecified atom stereocenters. The number of rotatable bonds is 4. The Morgan fingerprint density at radius 1 is 1.22 bits per heavy atom. The zero-order valence-electron chi connectivity index (χ0n) is 15.1. The molecule has 0 saturated carbocycles. The van der Waals surface area contributed by atoms with Gasteiger partial charge in [0.1, 0.15) is 5.82 Å². The molecule has 2 aromatic carbocycles. The van der Waals surface area contributed by atoms with Gasteiger partial charge in [0, 0.05) is 31.9 Å². The Labute approximate surface area is 157 Å². The van der Waals surface area contributed by atoms with Crippen LogP contribution in [0.3, 0.4) is 0 Å². The molecule has 0 radical (unpaired) electrons. The van der Waals surface area contributed by atoms with E-state index in [2.05, 4.69) is 22.5 Å². The average Bonchev–Trinajstić information content (AvgIpc) is 3.16. The minimum atomic E-state index is -0.280. The Kier molecular flexibility index (Phi) is 4.73. The number of halogens is 1. The Balaban J connectivity index is 1.41. The molecule has 27 heavy (non-hydrogen) atoms. The van der Waals surface area contributed by atoms with Crippen LogP contribution < -0.4 is 5.32 Å². The third-order valence-electron chi connectivity index (χ3n) is 4.90. The van der Waals surface area contributed by atoms with Gasteiger partial charge in [0.2, 0.25) is 5.91 Å². The van der Waals surface area contributed by atoms with Crippen LogP contribution in [-0.2, 0) is 24.3 Å². The zero-order valence-corrected chi connectivity index (χ0v) is 15.1. The summed E-state index contributed by atoms with van der Waals surface area (Å²) in [6.45, 7) is 1.18. The lowest BCUT2D eigenvalue weighted by Crippen LogP contribution is -2.47. The van der Waals surface area contributed by atoms with Crippen LogP contribution in [0, 0.1) is 5.82 Å². The second-order valence-corrected chi connectivity index (χ2v) is 6.87. The Morgan fingerprint density at radius 2 is 1.96 bits per heavy atom. The van der Waals surface area contributed by atoms with Gasteiger partial charge in [0.15, 0.2) is 0 Å². The highest BCUT2D eigenvalue weighted by Crippen LogP contribution is 2.18. The highest BCUT2D eigenvalue weighted by molar-refractivity contribution is 5.82. The largest absolute Gasteiger partial charge is 0.340 e. The molecule has 1 atom stereocenters. The molecule has 1 amide bonds. The summed E-state index contributed by atoms with van der Waals surface area (Å²) in [5, 5.41) is 7.64. The molecular formula is C21H21FN4O. The molecule has 0 bridgehead atoms. The second kappa shape index (κ2) is 7.32. The Morgan fingerprint density at radius 3 is 2.74 bits per heavy atom. The van der Waals surface area contributed by atoms with Gasteiger partial charge in [-0.25, -0.2) is 9.07 Å². The number of amides is 1. The van der Waals surface area contributed by atoms with Gasteiger partial charge in [-0.3, -0.25) is 4.79 Å². The highest BCUT2D eigenvalue weighted by atomic mass is 19.1. The van der Waals surface area contributed by atoms with Crippen molar-refractivity contribution in [1.82, 2.24) is 20.0 Å². The van der Waals surface area contributed by atoms with Crippen LogP contribution >= 0.6 is 0 Å². The van der Waals surface area contributed by atoms with Crippen molar-refractivity contribution >= 4 is 5.91 Å². The van der Waals surface area contributed by atoms with Crippen LogP contribution in [0.4, 0.5) is 4.39 Å². The van der Waals surface area contributed by atoms with Crippen molar-refractivity contribution in [3.63, 3.8) is 0 Å². The van der Waals surface area contributed by atoms with Crippen LogP contribution in [0.5, 0.6) is 0 Å². The third-order valence-corrected chi connectivity index (χ3v) is 4.90. The van der Waals surface area contributed by atoms with E-state index in [-0.39, 0.29) is 17.8 Å². The number of aromatic nitrogens is 2. The molecule has 1 aliphatic rings. The quantitative estimate of drug-likeness (QED) is 0.774. The fourth-order valence-corrected chi connectivity index (χ4v) is 3.42. The molecule has 4 rings (SSSR count). The van der Waals surface area contributed by atoms with Crippen molar-refractivity contribution in [3.8, 4) is 5.69 Å². The lowest BCUT2D eigenvalue weighted by Gasteiger charge is -2.28. The lowest BCUT2D eigenvalue weighted by atomic mass is 9.95. The summed E-state index contributed by atoms with van der Waals surface area (Å²) in [5.74, 6) is -0.211. The average molecular weight is 364 g/mol. The standard InChI is InChI=1S/C21H21FN4O/c1-25(21(27)20-10-16-4-2-3-5-17(16)12-23-20)13-15-11-24-26(14-15)19-8-6-18(22)7-9-19/h2-9,11,14,20,23H,10,12-13H2,1H3/t20-/m1/s1. The predicted octanol–water partition coefficient (Wildman–Crippen LogP) is 2.68. The van der Waals surface area contributed by atoms with E-state index in [1.54, 1.807) is 35.0 Å². The van der Waals surface area contributed by atoms with E-state index in [0.717, 1.165) is 11.3 Å². The number of hydrogen-bond acceptors (Lipinski definition) is 3. The summed E-state index contributed by atoms with van der Waals surface area (Å²) in [6.07, 6.45) is 4.30. The monoisotopic (exact) mass is 364 g/mol. The summed E-state index contributed by atoms with van der Waals surface area (Å²) in [6, 6.07) is 14.1. The van der Waals surface area contributed by atoms with E-state index < -0.39 is 0 Å². The van der Waals surface area contributed by atoms with Gasteiger partial charge < -0.3 is 10.2 Å². The maximum atomic E-state index is 13.1. The number of carbonyl (C=O) groups is 1. The first-order valence-corrected chi connectivity index (χ1v) is 8.95. The second-order valence-electron chi connectivity index (χ2n) is 6.87. The van der Waals surface area contributed by atoms with Crippen molar-refractivity contribution in [2.45, 2.75) is 25.6 Å². The number of fused-ring (bicyclic) bond motifs is 1. The lowest BCUT2D eigenvalue weighted by molar-refractivity contribution is -0.132. The summed E-state index contributed by atoms with van der Waals surface area (Å²) in [7, 11) is 1.81. The summed E-state index contributed by atoms with van der Waals surface area (Å²) in [5.41, 5.74) is 4.19. The van der Waals surface area contributed by atoms with Crippen LogP contribution in [0.25, 0.3) is 5.69 Å². The van der Waals surface area contributed by atoms with E-state index in [4.69, 9.17) is 0 Å². The first kappa shape index (κ1) is 17.4. The Bertz CT molecular complexity index is 951. The zero-order chi connectivity index (χ0) is 18.8. The number of nitrogens with one attached hydrogen (secondary N) is 1. The van der Waals surface area contributed by atoms with E-state index in [1.807, 2.05) is 18.3 Å². The van der Waals surface area contributed by atoms with Crippen molar-refractivity contribution in [3.05, 3.63) is 83.4 Å². The predicted molar refractivity (Wildman–Crippen MR) is 101 cm³/mol. The summed E-state index contributed by atoms with van der Waals surface area (Å²) in [4.78, 5) is 14.5. The van der Waals surface area contributed by atoms with Crippen molar-refractivity contribution in [1.29, 1.82) is 0 Å². The normalized spacial score (nSPS) is 16.0. The topological polar surface area (TPSA) is 50.2 Å². The summed E-state index contributed by atoms with van der Waals surface area (Å²) >= 11 is 0. The first-order chi connectivity index (χ1) is 13.1. The number of carbonyl (C=O) groups excluding carboxylic acids is 1. The van der Waals surface area contributed by atoms with E-state index in [0.29, 0.717) is 19.5 Å². The molecule has 5 nitrogen and oxygen atoms in total. The van der Waals surface area contributed by atoms with Crippen LogP contribution in [0.15, 0.2) is 60.9 Å². The number of likely N-dealkylation sites (N-methyl/N-ethyl adjacent to an activating group) is 1. The fourth-order valence-electron chi connectivity index (χ4n) is 3.42. The van der Waals surface area contributed by atoms with Gasteiger partial charge in [0.25, 0.3) is 0 Å². The molecule has 0 fully saturated rings. The smallest absolute Gasteiger partial charge is 0.240 e. The molecular weight excluding hydrogens is 343 g/mol. The third kappa shape index (κ3) is 3.75. The van der Waals surface area contributed by atoms with E-state index in [1.165, 1.54) is 23.3 Å². The van der Waals surface area contributed by atoms with Crippen molar-refractivity contribution in [2.24, 2.45) is 0 Å². The van der Waals surface area contributed by atoms with Crippen molar-refractivity contribution < 1.29 is 9.18 Å². The molecule has 6 heteroatoms. The molecule has 1 N–H and O–H groups in total.